The zero-order valence-electron chi connectivity index (χ0n) is 13.9. The Labute approximate surface area is 141 Å². The molecule has 6 heteroatoms. The summed E-state index contributed by atoms with van der Waals surface area (Å²) in [5.41, 5.74) is 0.908. The van der Waals surface area contributed by atoms with Crippen molar-refractivity contribution in [2.24, 2.45) is 5.41 Å². The van der Waals surface area contributed by atoms with E-state index in [4.69, 9.17) is 9.47 Å². The van der Waals surface area contributed by atoms with E-state index in [1.165, 1.54) is 6.42 Å². The van der Waals surface area contributed by atoms with Crippen LogP contribution in [0.4, 0.5) is 0 Å². The lowest BCUT2D eigenvalue weighted by molar-refractivity contribution is -0.148. The minimum Gasteiger partial charge on any atom is -0.384 e. The molecule has 1 aliphatic heterocycles. The van der Waals surface area contributed by atoms with Crippen LogP contribution in [0.5, 0.6) is 0 Å². The molecule has 1 heterocycles. The normalized spacial score (nSPS) is 25.5. The van der Waals surface area contributed by atoms with Gasteiger partial charge in [0.1, 0.15) is 6.61 Å². The van der Waals surface area contributed by atoms with Crippen molar-refractivity contribution < 1.29 is 19.1 Å². The molecule has 6 nitrogen and oxygen atoms in total. The predicted octanol–water partition coefficient (Wildman–Crippen LogP) is 1.18. The molecular formula is C18H24N2O4. The maximum absolute atomic E-state index is 12.7. The van der Waals surface area contributed by atoms with Crippen LogP contribution >= 0.6 is 0 Å². The topological polar surface area (TPSA) is 76.7 Å². The Hall–Kier alpha value is -1.92. The van der Waals surface area contributed by atoms with Gasteiger partial charge in [0.15, 0.2) is 6.10 Å². The van der Waals surface area contributed by atoms with Crippen molar-refractivity contribution in [3.05, 3.63) is 35.9 Å². The minimum absolute atomic E-state index is 0.0462. The fourth-order valence-electron chi connectivity index (χ4n) is 3.43. The van der Waals surface area contributed by atoms with Gasteiger partial charge in [-0.1, -0.05) is 36.8 Å². The van der Waals surface area contributed by atoms with Gasteiger partial charge in [0.2, 0.25) is 5.91 Å². The average Bonchev–Trinajstić information content (AvgIpc) is 2.57. The van der Waals surface area contributed by atoms with Gasteiger partial charge in [0.25, 0.3) is 5.91 Å². The Morgan fingerprint density at radius 2 is 2.12 bits per heavy atom. The molecule has 0 unspecified atom stereocenters. The Kier molecular flexibility index (Phi) is 5.16. The molecule has 24 heavy (non-hydrogen) atoms. The fourth-order valence-corrected chi connectivity index (χ4v) is 3.43. The van der Waals surface area contributed by atoms with Crippen LogP contribution in [-0.2, 0) is 19.1 Å². The molecule has 1 saturated carbocycles. The second-order valence-electron chi connectivity index (χ2n) is 6.69. The van der Waals surface area contributed by atoms with Crippen molar-refractivity contribution in [3.8, 4) is 0 Å². The largest absolute Gasteiger partial charge is 0.384 e. The first-order chi connectivity index (χ1) is 11.6. The lowest BCUT2D eigenvalue weighted by Gasteiger charge is -2.42. The van der Waals surface area contributed by atoms with Crippen LogP contribution in [-0.4, -0.2) is 44.8 Å². The van der Waals surface area contributed by atoms with Gasteiger partial charge < -0.3 is 20.1 Å². The highest BCUT2D eigenvalue weighted by molar-refractivity contribution is 5.86. The van der Waals surface area contributed by atoms with Crippen molar-refractivity contribution in [2.75, 3.05) is 26.9 Å². The molecule has 2 amide bonds. The van der Waals surface area contributed by atoms with Crippen molar-refractivity contribution in [3.63, 3.8) is 0 Å². The van der Waals surface area contributed by atoms with Crippen LogP contribution in [0.15, 0.2) is 30.3 Å². The zero-order valence-corrected chi connectivity index (χ0v) is 13.9. The third kappa shape index (κ3) is 3.60. The summed E-state index contributed by atoms with van der Waals surface area (Å²) in [5.74, 6) is -0.394. The van der Waals surface area contributed by atoms with E-state index in [2.05, 4.69) is 10.6 Å². The molecule has 1 saturated heterocycles. The van der Waals surface area contributed by atoms with Crippen LogP contribution in [0.25, 0.3) is 0 Å². The third-order valence-corrected chi connectivity index (χ3v) is 4.93. The van der Waals surface area contributed by atoms with E-state index in [-0.39, 0.29) is 23.8 Å². The van der Waals surface area contributed by atoms with Gasteiger partial charge in [-0.15, -0.1) is 0 Å². The Morgan fingerprint density at radius 1 is 1.38 bits per heavy atom. The zero-order chi connectivity index (χ0) is 17.0. The SMILES string of the molecule is COCC1(CNC(=O)[C@H]2OCC(=O)N[C@@H]2c2ccccc2)CCC1. The number of amides is 2. The van der Waals surface area contributed by atoms with Crippen molar-refractivity contribution in [2.45, 2.75) is 31.4 Å². The summed E-state index contributed by atoms with van der Waals surface area (Å²) >= 11 is 0. The molecule has 3 rings (SSSR count). The highest BCUT2D eigenvalue weighted by atomic mass is 16.5. The molecule has 2 N–H and O–H groups in total. The highest BCUT2D eigenvalue weighted by Crippen LogP contribution is 2.40. The summed E-state index contributed by atoms with van der Waals surface area (Å²) in [6, 6.07) is 8.97. The Balaban J connectivity index is 1.66. The first-order valence-electron chi connectivity index (χ1n) is 8.36. The van der Waals surface area contributed by atoms with E-state index in [0.29, 0.717) is 13.2 Å². The first-order valence-corrected chi connectivity index (χ1v) is 8.36. The van der Waals surface area contributed by atoms with Crippen molar-refractivity contribution in [1.82, 2.24) is 10.6 Å². The molecule has 1 aliphatic carbocycles. The van der Waals surface area contributed by atoms with Gasteiger partial charge in [-0.05, 0) is 18.4 Å². The Bertz CT molecular complexity index is 586. The monoisotopic (exact) mass is 332 g/mol. The summed E-state index contributed by atoms with van der Waals surface area (Å²) < 4.78 is 10.8. The number of benzene rings is 1. The first kappa shape index (κ1) is 16.9. The molecule has 0 spiro atoms. The number of hydrogen-bond acceptors (Lipinski definition) is 4. The average molecular weight is 332 g/mol. The number of carbonyl (C=O) groups excluding carboxylic acids is 2. The molecule has 1 aromatic rings. The molecule has 0 aromatic heterocycles. The lowest BCUT2D eigenvalue weighted by atomic mass is 9.69. The third-order valence-electron chi connectivity index (χ3n) is 4.93. The number of hydrogen-bond donors (Lipinski definition) is 2. The fraction of sp³-hybridized carbons (Fsp3) is 0.556. The number of methoxy groups -OCH3 is 1. The maximum Gasteiger partial charge on any atom is 0.251 e. The number of morpholine rings is 1. The van der Waals surface area contributed by atoms with Gasteiger partial charge in [-0.3, -0.25) is 9.59 Å². The van der Waals surface area contributed by atoms with Crippen LogP contribution in [0.2, 0.25) is 0 Å². The Morgan fingerprint density at radius 3 is 2.75 bits per heavy atom. The molecule has 1 aromatic carbocycles. The number of rotatable bonds is 6. The molecular weight excluding hydrogens is 308 g/mol. The summed E-state index contributed by atoms with van der Waals surface area (Å²) in [5, 5.41) is 5.86. The molecule has 2 fully saturated rings. The quantitative estimate of drug-likeness (QED) is 0.820. The summed E-state index contributed by atoms with van der Waals surface area (Å²) in [6.45, 7) is 1.14. The number of nitrogens with one attached hydrogen (secondary N) is 2. The van der Waals surface area contributed by atoms with Gasteiger partial charge >= 0.3 is 0 Å². The molecule has 0 radical (unpaired) electrons. The molecule has 2 aliphatic rings. The summed E-state index contributed by atoms with van der Waals surface area (Å²) in [4.78, 5) is 24.3. The van der Waals surface area contributed by atoms with E-state index >= 15 is 0 Å². The van der Waals surface area contributed by atoms with Gasteiger partial charge in [-0.25, -0.2) is 0 Å². The number of carbonyl (C=O) groups is 2. The van der Waals surface area contributed by atoms with E-state index in [0.717, 1.165) is 18.4 Å². The summed E-state index contributed by atoms with van der Waals surface area (Å²) in [7, 11) is 1.69. The molecule has 0 bridgehead atoms. The molecule has 130 valence electrons. The van der Waals surface area contributed by atoms with Gasteiger partial charge in [0, 0.05) is 19.1 Å². The van der Waals surface area contributed by atoms with E-state index in [1.54, 1.807) is 7.11 Å². The minimum atomic E-state index is -0.718. The van der Waals surface area contributed by atoms with E-state index in [9.17, 15) is 9.59 Å². The standard InChI is InChI=1S/C18H24N2O4/c1-23-12-18(8-5-9-18)11-19-17(22)16-15(20-14(21)10-24-16)13-6-3-2-4-7-13/h2-4,6-7,15-16H,5,8-12H2,1H3,(H,19,22)(H,20,21)/t15-,16+/m1/s1. The van der Waals surface area contributed by atoms with Crippen LogP contribution in [0.1, 0.15) is 30.9 Å². The molecule has 2 atom stereocenters. The second-order valence-corrected chi connectivity index (χ2v) is 6.69. The second kappa shape index (κ2) is 7.32. The van der Waals surface area contributed by atoms with Gasteiger partial charge in [0.05, 0.1) is 12.6 Å². The summed E-state index contributed by atoms with van der Waals surface area (Å²) in [6.07, 6.45) is 2.57. The highest BCUT2D eigenvalue weighted by Gasteiger charge is 2.40. The van der Waals surface area contributed by atoms with Crippen molar-refractivity contribution >= 4 is 11.8 Å². The van der Waals surface area contributed by atoms with E-state index < -0.39 is 12.1 Å². The van der Waals surface area contributed by atoms with Gasteiger partial charge in [-0.2, -0.15) is 0 Å². The predicted molar refractivity (Wildman–Crippen MR) is 88.2 cm³/mol. The van der Waals surface area contributed by atoms with Crippen LogP contribution in [0, 0.1) is 5.41 Å². The van der Waals surface area contributed by atoms with Crippen molar-refractivity contribution in [1.29, 1.82) is 0 Å². The van der Waals surface area contributed by atoms with E-state index in [1.807, 2.05) is 30.3 Å². The van der Waals surface area contributed by atoms with Crippen LogP contribution in [0.3, 0.4) is 0 Å². The smallest absolute Gasteiger partial charge is 0.251 e. The lowest BCUT2D eigenvalue weighted by Crippen LogP contribution is -2.54. The maximum atomic E-state index is 12.7. The number of ether oxygens (including phenoxy) is 2. The van der Waals surface area contributed by atoms with Crippen LogP contribution < -0.4 is 10.6 Å².